The quantitative estimate of drug-likeness (QED) is 0.294. The van der Waals surface area contributed by atoms with Gasteiger partial charge in [0, 0.05) is 11.8 Å². The second-order valence-electron chi connectivity index (χ2n) is 2.23. The first-order valence-electron chi connectivity index (χ1n) is 3.58. The van der Waals surface area contributed by atoms with Crippen molar-refractivity contribution in [1.82, 2.24) is 0 Å². The number of nitrogens with zero attached hydrogens (tertiary/aromatic N) is 1. The molecule has 0 fully saturated rings. The van der Waals surface area contributed by atoms with Crippen molar-refractivity contribution in [1.29, 1.82) is 0 Å². The van der Waals surface area contributed by atoms with Crippen LogP contribution in [0.25, 0.3) is 0 Å². The van der Waals surface area contributed by atoms with E-state index in [1.54, 1.807) is 0 Å². The lowest BCUT2D eigenvalue weighted by Gasteiger charge is -2.04. The van der Waals surface area contributed by atoms with E-state index >= 15 is 0 Å². The number of oxime groups is 1. The molecule has 60 valence electrons. The second kappa shape index (κ2) is 5.54. The van der Waals surface area contributed by atoms with Crippen LogP contribution in [0.3, 0.4) is 0 Å². The summed E-state index contributed by atoms with van der Waals surface area (Å²) >= 11 is 5.83. The van der Waals surface area contributed by atoms with Crippen molar-refractivity contribution >= 4 is 17.3 Å². The fraction of sp³-hybridized carbons (Fsp3) is 0.857. The molecule has 0 bridgehead atoms. The predicted molar refractivity (Wildman–Crippen MR) is 44.1 cm³/mol. The average Bonchev–Trinajstić information content (AvgIpc) is 1.99. The highest BCUT2D eigenvalue weighted by molar-refractivity contribution is 6.21. The summed E-state index contributed by atoms with van der Waals surface area (Å²) in [6.07, 6.45) is 2.39. The van der Waals surface area contributed by atoms with E-state index < -0.39 is 0 Å². The van der Waals surface area contributed by atoms with E-state index in [9.17, 15) is 0 Å². The van der Waals surface area contributed by atoms with Crippen molar-refractivity contribution in [3.8, 4) is 0 Å². The van der Waals surface area contributed by atoms with E-state index in [0.717, 1.165) is 18.6 Å². The van der Waals surface area contributed by atoms with Gasteiger partial charge in [-0.25, -0.2) is 0 Å². The molecule has 0 amide bonds. The van der Waals surface area contributed by atoms with E-state index in [1.807, 2.05) is 13.8 Å². The van der Waals surface area contributed by atoms with E-state index in [4.69, 9.17) is 16.8 Å². The minimum Gasteiger partial charge on any atom is -0.411 e. The Morgan fingerprint density at radius 3 is 2.50 bits per heavy atom. The third kappa shape index (κ3) is 3.72. The highest BCUT2D eigenvalue weighted by atomic mass is 35.5. The van der Waals surface area contributed by atoms with Gasteiger partial charge in [-0.3, -0.25) is 0 Å². The molecule has 0 heterocycles. The molecule has 0 aromatic rings. The molecule has 0 aliphatic carbocycles. The molecule has 10 heavy (non-hydrogen) atoms. The zero-order valence-electron chi connectivity index (χ0n) is 6.47. The van der Waals surface area contributed by atoms with Gasteiger partial charge in [-0.05, 0) is 12.8 Å². The van der Waals surface area contributed by atoms with Gasteiger partial charge in [0.15, 0.2) is 0 Å². The third-order valence-corrected chi connectivity index (χ3v) is 1.91. The number of rotatable bonds is 4. The zero-order chi connectivity index (χ0) is 7.98. The van der Waals surface area contributed by atoms with Crippen molar-refractivity contribution in [2.24, 2.45) is 5.16 Å². The van der Waals surface area contributed by atoms with Crippen molar-refractivity contribution < 1.29 is 5.21 Å². The molecule has 0 aliphatic rings. The molecule has 3 heteroatoms. The van der Waals surface area contributed by atoms with E-state index in [2.05, 4.69) is 5.16 Å². The molecule has 0 aliphatic heterocycles. The van der Waals surface area contributed by atoms with Crippen LogP contribution in [0.15, 0.2) is 5.16 Å². The first-order valence-corrected chi connectivity index (χ1v) is 4.02. The highest BCUT2D eigenvalue weighted by Crippen LogP contribution is 2.08. The smallest absolute Gasteiger partial charge is 0.0582 e. The van der Waals surface area contributed by atoms with Crippen LogP contribution in [0, 0.1) is 0 Å². The minimum absolute atomic E-state index is 0.117. The summed E-state index contributed by atoms with van der Waals surface area (Å²) in [6, 6.07) is 0. The summed E-state index contributed by atoms with van der Waals surface area (Å²) < 4.78 is 0. The monoisotopic (exact) mass is 163 g/mol. The van der Waals surface area contributed by atoms with Gasteiger partial charge in [-0.1, -0.05) is 19.0 Å². The molecular formula is C7H14ClNO. The molecule has 1 N–H and O–H groups in total. The summed E-state index contributed by atoms with van der Waals surface area (Å²) in [6.45, 7) is 3.97. The molecule has 0 saturated heterocycles. The molecule has 2 nitrogen and oxygen atoms in total. The van der Waals surface area contributed by atoms with Crippen molar-refractivity contribution in [2.75, 3.05) is 0 Å². The van der Waals surface area contributed by atoms with Gasteiger partial charge in [-0.15, -0.1) is 11.6 Å². The fourth-order valence-electron chi connectivity index (χ4n) is 0.656. The van der Waals surface area contributed by atoms with Crippen LogP contribution in [0.1, 0.15) is 33.1 Å². The van der Waals surface area contributed by atoms with Crippen LogP contribution in [0.4, 0.5) is 0 Å². The summed E-state index contributed by atoms with van der Waals surface area (Å²) in [5.41, 5.74) is 0.779. The minimum atomic E-state index is 0.117. The topological polar surface area (TPSA) is 32.6 Å². The second-order valence-corrected chi connectivity index (χ2v) is 2.85. The maximum Gasteiger partial charge on any atom is 0.0582 e. The Hall–Kier alpha value is -0.240. The highest BCUT2D eigenvalue weighted by Gasteiger charge is 2.05. The molecule has 0 aromatic heterocycles. The van der Waals surface area contributed by atoms with Crippen LogP contribution < -0.4 is 0 Å². The standard InChI is InChI=1S/C7H14ClNO/c1-3-6(8)5-7(4-2)9-10/h6,10H,3-5H2,1-2H3. The molecule has 1 atom stereocenters. The summed E-state index contributed by atoms with van der Waals surface area (Å²) in [5, 5.41) is 11.6. The lowest BCUT2D eigenvalue weighted by molar-refractivity contribution is 0.316. The fourth-order valence-corrected chi connectivity index (χ4v) is 0.834. The summed E-state index contributed by atoms with van der Waals surface area (Å²) in [5.74, 6) is 0. The molecular weight excluding hydrogens is 150 g/mol. The van der Waals surface area contributed by atoms with E-state index in [0.29, 0.717) is 6.42 Å². The van der Waals surface area contributed by atoms with Gasteiger partial charge in [0.1, 0.15) is 0 Å². The normalized spacial score (nSPS) is 15.3. The maximum atomic E-state index is 8.40. The molecule has 0 saturated carbocycles. The largest absolute Gasteiger partial charge is 0.411 e. The van der Waals surface area contributed by atoms with Crippen LogP contribution in [-0.2, 0) is 0 Å². The number of halogens is 1. The van der Waals surface area contributed by atoms with Gasteiger partial charge in [-0.2, -0.15) is 0 Å². The molecule has 0 rings (SSSR count). The Kier molecular flexibility index (Phi) is 5.40. The molecule has 0 aromatic carbocycles. The molecule has 1 unspecified atom stereocenters. The predicted octanol–water partition coefficient (Wildman–Crippen LogP) is 2.63. The van der Waals surface area contributed by atoms with Crippen molar-refractivity contribution in [2.45, 2.75) is 38.5 Å². The van der Waals surface area contributed by atoms with Crippen molar-refractivity contribution in [3.63, 3.8) is 0 Å². The van der Waals surface area contributed by atoms with Gasteiger partial charge in [0.2, 0.25) is 0 Å². The lowest BCUT2D eigenvalue weighted by Crippen LogP contribution is -2.05. The van der Waals surface area contributed by atoms with Gasteiger partial charge >= 0.3 is 0 Å². The van der Waals surface area contributed by atoms with Crippen LogP contribution in [0.2, 0.25) is 0 Å². The zero-order valence-corrected chi connectivity index (χ0v) is 7.23. The maximum absolute atomic E-state index is 8.40. The summed E-state index contributed by atoms with van der Waals surface area (Å²) in [4.78, 5) is 0. The summed E-state index contributed by atoms with van der Waals surface area (Å²) in [7, 11) is 0. The Morgan fingerprint density at radius 2 is 2.20 bits per heavy atom. The number of hydrogen-bond donors (Lipinski definition) is 1. The molecule has 0 spiro atoms. The lowest BCUT2D eigenvalue weighted by atomic mass is 10.1. The number of hydrogen-bond acceptors (Lipinski definition) is 2. The van der Waals surface area contributed by atoms with Crippen LogP contribution >= 0.6 is 11.6 Å². The van der Waals surface area contributed by atoms with Crippen LogP contribution in [0.5, 0.6) is 0 Å². The first-order chi connectivity index (χ1) is 4.74. The Bertz CT molecular complexity index is 114. The third-order valence-electron chi connectivity index (χ3n) is 1.45. The Labute approximate surface area is 66.9 Å². The average molecular weight is 164 g/mol. The van der Waals surface area contributed by atoms with Gasteiger partial charge in [0.25, 0.3) is 0 Å². The first kappa shape index (κ1) is 9.76. The van der Waals surface area contributed by atoms with Gasteiger partial charge in [0.05, 0.1) is 5.71 Å². The number of alkyl halides is 1. The van der Waals surface area contributed by atoms with E-state index in [-0.39, 0.29) is 5.38 Å². The van der Waals surface area contributed by atoms with Crippen LogP contribution in [-0.4, -0.2) is 16.3 Å². The Morgan fingerprint density at radius 1 is 1.60 bits per heavy atom. The van der Waals surface area contributed by atoms with Crippen molar-refractivity contribution in [3.05, 3.63) is 0 Å². The van der Waals surface area contributed by atoms with E-state index in [1.165, 1.54) is 0 Å². The SMILES string of the molecule is CCC(CC(Cl)CC)=NO. The molecule has 0 radical (unpaired) electrons. The van der Waals surface area contributed by atoms with Gasteiger partial charge < -0.3 is 5.21 Å². The Balaban J connectivity index is 3.64.